The topological polar surface area (TPSA) is 56.2 Å². The summed E-state index contributed by atoms with van der Waals surface area (Å²) in [6.07, 6.45) is 4.76. The van der Waals surface area contributed by atoms with E-state index in [0.29, 0.717) is 12.1 Å². The maximum atomic E-state index is 11.5. The fraction of sp³-hybridized carbons (Fsp3) is 0.333. The highest BCUT2D eigenvalue weighted by atomic mass is 16.5. The average Bonchev–Trinajstić information content (AvgIpc) is 2.92. The number of nitrogens with zero attached hydrogens (tertiary/aromatic N) is 2. The van der Waals surface area contributed by atoms with Crippen molar-refractivity contribution < 1.29 is 9.53 Å². The highest BCUT2D eigenvalue weighted by Gasteiger charge is 2.06. The lowest BCUT2D eigenvalue weighted by atomic mass is 10.2. The number of hydrogen-bond donors (Lipinski definition) is 1. The Morgan fingerprint density at radius 1 is 1.45 bits per heavy atom. The molecule has 0 fully saturated rings. The molecule has 2 aromatic rings. The Morgan fingerprint density at radius 2 is 2.30 bits per heavy atom. The molecule has 2 rings (SSSR count). The highest BCUT2D eigenvalue weighted by molar-refractivity contribution is 5.90. The van der Waals surface area contributed by atoms with Crippen molar-refractivity contribution in [2.75, 3.05) is 12.4 Å². The summed E-state index contributed by atoms with van der Waals surface area (Å²) in [6.45, 7) is 3.76. The first-order valence-electron chi connectivity index (χ1n) is 6.66. The van der Waals surface area contributed by atoms with E-state index in [1.54, 1.807) is 12.1 Å². The van der Waals surface area contributed by atoms with Gasteiger partial charge in [0.25, 0.3) is 0 Å². The molecule has 5 heteroatoms. The van der Waals surface area contributed by atoms with Gasteiger partial charge < -0.3 is 14.6 Å². The van der Waals surface area contributed by atoms with E-state index in [0.717, 1.165) is 24.3 Å². The number of aryl methyl sites for hydroxylation is 1. The summed E-state index contributed by atoms with van der Waals surface area (Å²) in [6, 6.07) is 7.27. The number of ether oxygens (including phenoxy) is 1. The van der Waals surface area contributed by atoms with Crippen LogP contribution in [0.4, 0.5) is 5.69 Å². The van der Waals surface area contributed by atoms with Crippen molar-refractivity contribution in [1.82, 2.24) is 9.55 Å². The number of methoxy groups -OCH3 is 1. The molecule has 0 bridgehead atoms. The van der Waals surface area contributed by atoms with Gasteiger partial charge in [-0.3, -0.25) is 0 Å². The van der Waals surface area contributed by atoms with Crippen LogP contribution in [0, 0.1) is 0 Å². The van der Waals surface area contributed by atoms with Gasteiger partial charge in [-0.05, 0) is 24.6 Å². The molecule has 106 valence electrons. The predicted molar refractivity (Wildman–Crippen MR) is 77.6 cm³/mol. The summed E-state index contributed by atoms with van der Waals surface area (Å²) >= 11 is 0. The number of carbonyl (C=O) groups excluding carboxylic acids is 1. The second-order valence-electron chi connectivity index (χ2n) is 4.50. The second kappa shape index (κ2) is 6.75. The quantitative estimate of drug-likeness (QED) is 0.822. The maximum Gasteiger partial charge on any atom is 0.337 e. The zero-order valence-electron chi connectivity index (χ0n) is 11.8. The molecular weight excluding hydrogens is 254 g/mol. The summed E-state index contributed by atoms with van der Waals surface area (Å²) in [5, 5.41) is 3.30. The van der Waals surface area contributed by atoms with E-state index in [9.17, 15) is 4.79 Å². The summed E-state index contributed by atoms with van der Waals surface area (Å²) < 4.78 is 6.83. The highest BCUT2D eigenvalue weighted by Crippen LogP contribution is 2.13. The van der Waals surface area contributed by atoms with Crippen molar-refractivity contribution in [2.45, 2.75) is 26.4 Å². The maximum absolute atomic E-state index is 11.5. The largest absolute Gasteiger partial charge is 0.465 e. The lowest BCUT2D eigenvalue weighted by Gasteiger charge is -2.10. The third kappa shape index (κ3) is 3.38. The fourth-order valence-corrected chi connectivity index (χ4v) is 2.00. The van der Waals surface area contributed by atoms with Gasteiger partial charge in [0.1, 0.15) is 0 Å². The smallest absolute Gasteiger partial charge is 0.337 e. The summed E-state index contributed by atoms with van der Waals surface area (Å²) in [7, 11) is 1.38. The molecule has 20 heavy (non-hydrogen) atoms. The number of nitrogens with one attached hydrogen (secondary N) is 1. The molecule has 0 unspecified atom stereocenters. The van der Waals surface area contributed by atoms with Gasteiger partial charge in [-0.1, -0.05) is 13.0 Å². The number of benzene rings is 1. The molecule has 0 aliphatic rings. The van der Waals surface area contributed by atoms with Crippen LogP contribution in [0.5, 0.6) is 0 Å². The monoisotopic (exact) mass is 273 g/mol. The van der Waals surface area contributed by atoms with Crippen LogP contribution in [-0.4, -0.2) is 22.6 Å². The number of imidazole rings is 1. The summed E-state index contributed by atoms with van der Waals surface area (Å²) in [5.74, 6) is -0.329. The number of carbonyl (C=O) groups is 1. The lowest BCUT2D eigenvalue weighted by Crippen LogP contribution is -2.08. The molecule has 1 heterocycles. The van der Waals surface area contributed by atoms with Crippen LogP contribution in [0.3, 0.4) is 0 Å². The second-order valence-corrected chi connectivity index (χ2v) is 4.50. The van der Waals surface area contributed by atoms with Gasteiger partial charge in [0.05, 0.1) is 31.2 Å². The Morgan fingerprint density at radius 3 is 3.05 bits per heavy atom. The molecule has 0 radical (unpaired) electrons. The molecule has 5 nitrogen and oxygen atoms in total. The van der Waals surface area contributed by atoms with Crippen molar-refractivity contribution in [3.8, 4) is 0 Å². The molecule has 1 aromatic heterocycles. The van der Waals surface area contributed by atoms with Crippen LogP contribution >= 0.6 is 0 Å². The molecule has 1 aromatic carbocycles. The molecule has 0 aliphatic carbocycles. The minimum Gasteiger partial charge on any atom is -0.465 e. The van der Waals surface area contributed by atoms with Crippen LogP contribution in [0.25, 0.3) is 0 Å². The Kier molecular flexibility index (Phi) is 4.76. The van der Waals surface area contributed by atoms with Gasteiger partial charge in [-0.25, -0.2) is 9.78 Å². The van der Waals surface area contributed by atoms with Gasteiger partial charge in [0.15, 0.2) is 0 Å². The Balaban J connectivity index is 2.03. The van der Waals surface area contributed by atoms with E-state index in [2.05, 4.69) is 21.8 Å². The van der Waals surface area contributed by atoms with E-state index < -0.39 is 0 Å². The average molecular weight is 273 g/mol. The molecular formula is C15H19N3O2. The van der Waals surface area contributed by atoms with Crippen molar-refractivity contribution >= 4 is 11.7 Å². The van der Waals surface area contributed by atoms with E-state index in [1.165, 1.54) is 7.11 Å². The van der Waals surface area contributed by atoms with Gasteiger partial charge in [0, 0.05) is 18.4 Å². The molecule has 0 aliphatic heterocycles. The Labute approximate surface area is 118 Å². The van der Waals surface area contributed by atoms with Crippen LogP contribution in [-0.2, 0) is 17.8 Å². The molecule has 0 saturated heterocycles. The van der Waals surface area contributed by atoms with Crippen molar-refractivity contribution in [2.24, 2.45) is 0 Å². The first kappa shape index (κ1) is 14.1. The minimum absolute atomic E-state index is 0.329. The first-order chi connectivity index (χ1) is 9.74. The third-order valence-electron chi connectivity index (χ3n) is 3.02. The van der Waals surface area contributed by atoms with Crippen LogP contribution in [0.1, 0.15) is 29.4 Å². The van der Waals surface area contributed by atoms with Gasteiger partial charge in [0.2, 0.25) is 0 Å². The molecule has 0 amide bonds. The number of rotatable bonds is 6. The summed E-state index contributed by atoms with van der Waals surface area (Å²) in [5.41, 5.74) is 2.55. The summed E-state index contributed by atoms with van der Waals surface area (Å²) in [4.78, 5) is 15.6. The third-order valence-corrected chi connectivity index (χ3v) is 3.02. The standard InChI is InChI=1S/C15H19N3O2/c1-3-7-18-11-16-9-14(18)10-17-13-6-4-5-12(8-13)15(19)20-2/h4-6,8-9,11,17H,3,7,10H2,1-2H3. The molecule has 0 saturated carbocycles. The van der Waals surface area contributed by atoms with Gasteiger partial charge in [-0.2, -0.15) is 0 Å². The number of aromatic nitrogens is 2. The minimum atomic E-state index is -0.329. The van der Waals surface area contributed by atoms with Gasteiger partial charge >= 0.3 is 5.97 Å². The molecule has 0 atom stereocenters. The van der Waals surface area contributed by atoms with E-state index >= 15 is 0 Å². The van der Waals surface area contributed by atoms with Crippen LogP contribution in [0.2, 0.25) is 0 Å². The Bertz CT molecular complexity index is 578. The van der Waals surface area contributed by atoms with Crippen molar-refractivity contribution in [1.29, 1.82) is 0 Å². The normalized spacial score (nSPS) is 10.3. The van der Waals surface area contributed by atoms with E-state index in [1.807, 2.05) is 24.7 Å². The Hall–Kier alpha value is -2.30. The number of esters is 1. The fourth-order valence-electron chi connectivity index (χ4n) is 2.00. The molecule has 1 N–H and O–H groups in total. The van der Waals surface area contributed by atoms with Gasteiger partial charge in [-0.15, -0.1) is 0 Å². The SMILES string of the molecule is CCCn1cncc1CNc1cccc(C(=O)OC)c1. The van der Waals surface area contributed by atoms with Crippen molar-refractivity contribution in [3.05, 3.63) is 48.0 Å². The van der Waals surface area contributed by atoms with Crippen LogP contribution < -0.4 is 5.32 Å². The van der Waals surface area contributed by atoms with E-state index in [-0.39, 0.29) is 5.97 Å². The lowest BCUT2D eigenvalue weighted by molar-refractivity contribution is 0.0601. The van der Waals surface area contributed by atoms with Crippen molar-refractivity contribution in [3.63, 3.8) is 0 Å². The number of hydrogen-bond acceptors (Lipinski definition) is 4. The zero-order valence-corrected chi connectivity index (χ0v) is 11.8. The predicted octanol–water partition coefficient (Wildman–Crippen LogP) is 2.69. The van der Waals surface area contributed by atoms with E-state index in [4.69, 9.17) is 4.74 Å². The zero-order chi connectivity index (χ0) is 14.4. The molecule has 0 spiro atoms. The first-order valence-corrected chi connectivity index (χ1v) is 6.66. The number of anilines is 1. The van der Waals surface area contributed by atoms with Crippen LogP contribution in [0.15, 0.2) is 36.8 Å².